The van der Waals surface area contributed by atoms with Crippen molar-refractivity contribution < 1.29 is 8.42 Å². The van der Waals surface area contributed by atoms with Crippen LogP contribution in [0, 0.1) is 0 Å². The third-order valence-corrected chi connectivity index (χ3v) is 3.82. The van der Waals surface area contributed by atoms with Crippen LogP contribution >= 0.6 is 12.2 Å². The van der Waals surface area contributed by atoms with Gasteiger partial charge in [0.05, 0.1) is 10.7 Å². The Kier molecular flexibility index (Phi) is 3.59. The van der Waals surface area contributed by atoms with Gasteiger partial charge in [0.2, 0.25) is 10.0 Å². The average Bonchev–Trinajstić information content (AvgIpc) is 2.16. The fourth-order valence-corrected chi connectivity index (χ4v) is 2.43. The van der Waals surface area contributed by atoms with Crippen LogP contribution in [0.5, 0.6) is 0 Å². The molecule has 0 saturated heterocycles. The first-order valence-corrected chi connectivity index (χ1v) is 6.10. The third-order valence-electron chi connectivity index (χ3n) is 1.77. The molecule has 1 rings (SSSR count). The Bertz CT molecular complexity index is 444. The Balaban J connectivity index is 2.95. The molecule has 0 unspecified atom stereocenters. The minimum absolute atomic E-state index is 0.0455. The zero-order chi connectivity index (χ0) is 11.5. The van der Waals surface area contributed by atoms with Crippen LogP contribution in [0.3, 0.4) is 0 Å². The van der Waals surface area contributed by atoms with Crippen LogP contribution in [0.1, 0.15) is 0 Å². The Labute approximate surface area is 94.0 Å². The first kappa shape index (κ1) is 11.9. The van der Waals surface area contributed by atoms with E-state index < -0.39 is 10.0 Å². The molecule has 5 nitrogen and oxygen atoms in total. The van der Waals surface area contributed by atoms with E-state index in [1.165, 1.54) is 19.4 Å². The Hall–Kier alpha value is -1.21. The van der Waals surface area contributed by atoms with Gasteiger partial charge in [0, 0.05) is 19.4 Å². The molecule has 1 aromatic rings. The molecule has 7 heteroatoms. The second-order valence-electron chi connectivity index (χ2n) is 2.90. The molecule has 0 aliphatic carbocycles. The highest BCUT2D eigenvalue weighted by atomic mass is 32.2. The molecule has 82 valence electrons. The molecule has 0 aliphatic heterocycles. The van der Waals surface area contributed by atoms with Crippen LogP contribution in [0.25, 0.3) is 0 Å². The van der Waals surface area contributed by atoms with Crippen LogP contribution in [0.4, 0.5) is 5.69 Å². The summed E-state index contributed by atoms with van der Waals surface area (Å²) in [7, 11) is -2.03. The first-order chi connectivity index (χ1) is 6.93. The van der Waals surface area contributed by atoms with E-state index in [9.17, 15) is 8.42 Å². The quantitative estimate of drug-likeness (QED) is 0.763. The molecule has 1 aromatic heterocycles. The largest absolute Gasteiger partial charge is 0.392 e. The molecule has 1 heterocycles. The Morgan fingerprint density at radius 1 is 1.53 bits per heavy atom. The lowest BCUT2D eigenvalue weighted by Crippen LogP contribution is -2.34. The van der Waals surface area contributed by atoms with Crippen molar-refractivity contribution in [3.8, 4) is 0 Å². The van der Waals surface area contributed by atoms with Gasteiger partial charge in [-0.05, 0) is 12.1 Å². The Morgan fingerprint density at radius 2 is 2.07 bits per heavy atom. The smallest absolute Gasteiger partial charge is 0.241 e. The van der Waals surface area contributed by atoms with Gasteiger partial charge in [-0.2, -0.15) is 0 Å². The molecule has 0 aliphatic rings. The summed E-state index contributed by atoms with van der Waals surface area (Å²) in [5.41, 5.74) is 5.74. The third kappa shape index (κ3) is 3.14. The SMILES string of the molecule is CN(c1ccncc1)S(=O)(=O)CC(N)=S. The molecular weight excluding hydrogens is 234 g/mol. The standard InChI is InChI=1S/C8H11N3O2S2/c1-11(7-2-4-10-5-3-7)15(12,13)6-8(9)14/h2-5H,6H2,1H3,(H2,9,14). The van der Waals surface area contributed by atoms with Crippen molar-refractivity contribution in [2.75, 3.05) is 17.1 Å². The van der Waals surface area contributed by atoms with E-state index in [-0.39, 0.29) is 10.7 Å². The predicted molar refractivity (Wildman–Crippen MR) is 63.2 cm³/mol. The molecular formula is C8H11N3O2S2. The molecule has 0 saturated carbocycles. The van der Waals surface area contributed by atoms with Crippen LogP contribution < -0.4 is 10.0 Å². The number of hydrogen-bond donors (Lipinski definition) is 1. The number of rotatable bonds is 4. The summed E-state index contributed by atoms with van der Waals surface area (Å²) in [5, 5.41) is 0. The molecule has 0 atom stereocenters. The molecule has 15 heavy (non-hydrogen) atoms. The second-order valence-corrected chi connectivity index (χ2v) is 5.42. The minimum Gasteiger partial charge on any atom is -0.392 e. The average molecular weight is 245 g/mol. The van der Waals surface area contributed by atoms with E-state index in [1.54, 1.807) is 12.1 Å². The zero-order valence-electron chi connectivity index (χ0n) is 8.12. The number of pyridine rings is 1. The van der Waals surface area contributed by atoms with E-state index in [0.29, 0.717) is 5.69 Å². The lowest BCUT2D eigenvalue weighted by atomic mass is 10.4. The molecule has 0 fully saturated rings. The molecule has 0 aromatic carbocycles. The van der Waals surface area contributed by atoms with E-state index in [0.717, 1.165) is 4.31 Å². The zero-order valence-corrected chi connectivity index (χ0v) is 9.75. The van der Waals surface area contributed by atoms with Gasteiger partial charge in [-0.25, -0.2) is 8.42 Å². The highest BCUT2D eigenvalue weighted by Gasteiger charge is 2.18. The van der Waals surface area contributed by atoms with Crippen LogP contribution in [-0.2, 0) is 10.0 Å². The van der Waals surface area contributed by atoms with E-state index in [1.807, 2.05) is 0 Å². The van der Waals surface area contributed by atoms with Gasteiger partial charge in [0.1, 0.15) is 5.75 Å². The van der Waals surface area contributed by atoms with Crippen LogP contribution in [-0.4, -0.2) is 31.2 Å². The van der Waals surface area contributed by atoms with Gasteiger partial charge in [-0.3, -0.25) is 9.29 Å². The second kappa shape index (κ2) is 4.54. The summed E-state index contributed by atoms with van der Waals surface area (Å²) in [6, 6.07) is 3.19. The van der Waals surface area contributed by atoms with Crippen molar-refractivity contribution in [1.82, 2.24) is 4.98 Å². The van der Waals surface area contributed by atoms with Crippen LogP contribution in [0.15, 0.2) is 24.5 Å². The summed E-state index contributed by atoms with van der Waals surface area (Å²) < 4.78 is 24.5. The number of nitrogens with zero attached hydrogens (tertiary/aromatic N) is 2. The molecule has 2 N–H and O–H groups in total. The van der Waals surface area contributed by atoms with Crippen molar-refractivity contribution in [1.29, 1.82) is 0 Å². The number of sulfonamides is 1. The van der Waals surface area contributed by atoms with Crippen molar-refractivity contribution in [3.63, 3.8) is 0 Å². The predicted octanol–water partition coefficient (Wildman–Crippen LogP) is 0.134. The molecule has 0 amide bonds. The maximum atomic E-state index is 11.7. The fraction of sp³-hybridized carbons (Fsp3) is 0.250. The van der Waals surface area contributed by atoms with Crippen molar-refractivity contribution in [2.45, 2.75) is 0 Å². The summed E-state index contributed by atoms with van der Waals surface area (Å²) >= 11 is 4.57. The van der Waals surface area contributed by atoms with E-state index in [4.69, 9.17) is 5.73 Å². The maximum Gasteiger partial charge on any atom is 0.241 e. The van der Waals surface area contributed by atoms with Gasteiger partial charge in [-0.1, -0.05) is 12.2 Å². The summed E-state index contributed by atoms with van der Waals surface area (Å²) in [6.45, 7) is 0. The number of thiocarbonyl (C=S) groups is 1. The lowest BCUT2D eigenvalue weighted by molar-refractivity contribution is 0.598. The monoisotopic (exact) mass is 245 g/mol. The van der Waals surface area contributed by atoms with Gasteiger partial charge in [0.25, 0.3) is 0 Å². The normalized spacial score (nSPS) is 11.0. The van der Waals surface area contributed by atoms with Gasteiger partial charge in [-0.15, -0.1) is 0 Å². The summed E-state index contributed by atoms with van der Waals surface area (Å²) in [6.07, 6.45) is 3.03. The van der Waals surface area contributed by atoms with Gasteiger partial charge < -0.3 is 5.73 Å². The fourth-order valence-electron chi connectivity index (χ4n) is 0.991. The van der Waals surface area contributed by atoms with E-state index in [2.05, 4.69) is 17.2 Å². The number of nitrogens with two attached hydrogens (primary N) is 1. The summed E-state index contributed by atoms with van der Waals surface area (Å²) in [4.78, 5) is 3.75. The maximum absolute atomic E-state index is 11.7. The number of aromatic nitrogens is 1. The van der Waals surface area contributed by atoms with Crippen LogP contribution in [0.2, 0.25) is 0 Å². The van der Waals surface area contributed by atoms with Crippen molar-refractivity contribution in [2.24, 2.45) is 5.73 Å². The van der Waals surface area contributed by atoms with Crippen molar-refractivity contribution >= 4 is 32.9 Å². The highest BCUT2D eigenvalue weighted by molar-refractivity contribution is 7.95. The minimum atomic E-state index is -3.47. The number of anilines is 1. The molecule has 0 radical (unpaired) electrons. The van der Waals surface area contributed by atoms with Gasteiger partial charge >= 0.3 is 0 Å². The summed E-state index contributed by atoms with van der Waals surface area (Å²) in [5.74, 6) is -0.332. The topological polar surface area (TPSA) is 76.3 Å². The van der Waals surface area contributed by atoms with Crippen molar-refractivity contribution in [3.05, 3.63) is 24.5 Å². The lowest BCUT2D eigenvalue weighted by Gasteiger charge is -2.18. The van der Waals surface area contributed by atoms with E-state index >= 15 is 0 Å². The van der Waals surface area contributed by atoms with Gasteiger partial charge in [0.15, 0.2) is 0 Å². The highest BCUT2D eigenvalue weighted by Crippen LogP contribution is 2.14. The first-order valence-electron chi connectivity index (χ1n) is 4.08. The molecule has 0 spiro atoms. The Morgan fingerprint density at radius 3 is 2.53 bits per heavy atom. The number of hydrogen-bond acceptors (Lipinski definition) is 4. The molecule has 0 bridgehead atoms.